The molecule has 1 aliphatic carbocycles. The molecule has 2 heterocycles. The fourth-order valence-corrected chi connectivity index (χ4v) is 4.34. The maximum atomic E-state index is 13.5. The highest BCUT2D eigenvalue weighted by atomic mass is 31.2. The molecule has 14 heteroatoms. The van der Waals surface area contributed by atoms with Crippen LogP contribution >= 0.6 is 7.60 Å². The number of imidazole rings is 1. The largest absolute Gasteiger partial charge is 0.438 e. The van der Waals surface area contributed by atoms with Crippen LogP contribution in [0.15, 0.2) is 6.33 Å². The van der Waals surface area contributed by atoms with Gasteiger partial charge in [-0.3, -0.25) is 23.2 Å². The van der Waals surface area contributed by atoms with Crippen molar-refractivity contribution in [1.82, 2.24) is 19.5 Å². The number of fused-ring (bicyclic) bond motifs is 1. The molecule has 0 amide bonds. The molecule has 1 fully saturated rings. The zero-order chi connectivity index (χ0) is 28.4. The maximum Gasteiger partial charge on any atom is 0.361 e. The molecule has 1 aliphatic rings. The van der Waals surface area contributed by atoms with E-state index in [4.69, 9.17) is 29.0 Å². The second kappa shape index (κ2) is 11.3. The SMILES string of the molecule is CCc1nc(N)nc2c1ncn2CC1(OCP(=O)(OCOC(=O)C(C)(C)C)OCOC(=O)C(C)(C)C)CC1. The number of nitrogens with zero attached hydrogens (tertiary/aromatic N) is 4. The standard InChI is InChI=1S/C24H38N5O8P/c1-8-16-17-18(28-21(25)27-16)29(12-26-17)11-24(9-10-24)35-15-38(32,36-13-33-19(30)22(2,3)4)37-14-34-20(31)23(5,6)7/h12H,8-11,13-15H2,1-7H3,(H2,25,27,28). The Hall–Kier alpha value is -2.60. The highest BCUT2D eigenvalue weighted by Crippen LogP contribution is 2.52. The molecule has 0 aliphatic heterocycles. The first-order chi connectivity index (χ1) is 17.6. The number of aromatic nitrogens is 4. The van der Waals surface area contributed by atoms with E-state index in [0.717, 1.165) is 5.69 Å². The quantitative estimate of drug-likeness (QED) is 0.229. The van der Waals surface area contributed by atoms with Crippen LogP contribution in [0.3, 0.4) is 0 Å². The Morgan fingerprint density at radius 3 is 2.05 bits per heavy atom. The van der Waals surface area contributed by atoms with Crippen LogP contribution in [0.2, 0.25) is 0 Å². The minimum atomic E-state index is -4.00. The molecule has 0 radical (unpaired) electrons. The molecule has 2 N–H and O–H groups in total. The van der Waals surface area contributed by atoms with Crippen LogP contribution in [0, 0.1) is 10.8 Å². The summed E-state index contributed by atoms with van der Waals surface area (Å²) in [5.74, 6) is -0.923. The van der Waals surface area contributed by atoms with Gasteiger partial charge in [-0.2, -0.15) is 4.98 Å². The van der Waals surface area contributed by atoms with Gasteiger partial charge in [-0.15, -0.1) is 0 Å². The molecule has 0 saturated heterocycles. The molecule has 2 aromatic heterocycles. The summed E-state index contributed by atoms with van der Waals surface area (Å²) in [5.41, 5.74) is 5.66. The van der Waals surface area contributed by atoms with Gasteiger partial charge in [0.2, 0.25) is 19.5 Å². The molecule has 1 saturated carbocycles. The van der Waals surface area contributed by atoms with Crippen molar-refractivity contribution in [3.05, 3.63) is 12.0 Å². The van der Waals surface area contributed by atoms with Crippen LogP contribution < -0.4 is 5.73 Å². The van der Waals surface area contributed by atoms with Gasteiger partial charge in [0.1, 0.15) is 11.9 Å². The van der Waals surface area contributed by atoms with Crippen molar-refractivity contribution in [3.63, 3.8) is 0 Å². The molecule has 212 valence electrons. The summed E-state index contributed by atoms with van der Waals surface area (Å²) in [6.45, 7) is 11.2. The van der Waals surface area contributed by atoms with Crippen molar-refractivity contribution in [2.45, 2.75) is 79.9 Å². The zero-order valence-electron chi connectivity index (χ0n) is 23.1. The van der Waals surface area contributed by atoms with Gasteiger partial charge in [-0.25, -0.2) is 9.97 Å². The first-order valence-corrected chi connectivity index (χ1v) is 14.1. The number of nitrogens with two attached hydrogens (primary N) is 1. The fraction of sp³-hybridized carbons (Fsp3) is 0.708. The lowest BCUT2D eigenvalue weighted by molar-refractivity contribution is -0.162. The molecule has 0 aromatic carbocycles. The zero-order valence-corrected chi connectivity index (χ0v) is 24.0. The molecule has 0 unspecified atom stereocenters. The summed E-state index contributed by atoms with van der Waals surface area (Å²) in [6, 6.07) is 0. The Morgan fingerprint density at radius 2 is 1.58 bits per heavy atom. The number of esters is 2. The number of anilines is 1. The molecule has 0 bridgehead atoms. The molecular weight excluding hydrogens is 517 g/mol. The van der Waals surface area contributed by atoms with Crippen molar-refractivity contribution < 1.29 is 37.4 Å². The van der Waals surface area contributed by atoms with E-state index in [1.807, 2.05) is 11.5 Å². The third-order valence-corrected chi connectivity index (χ3v) is 7.23. The predicted molar refractivity (Wildman–Crippen MR) is 138 cm³/mol. The first kappa shape index (κ1) is 29.9. The monoisotopic (exact) mass is 555 g/mol. The summed E-state index contributed by atoms with van der Waals surface area (Å²) in [4.78, 5) is 37.2. The van der Waals surface area contributed by atoms with E-state index in [1.54, 1.807) is 47.9 Å². The average molecular weight is 556 g/mol. The van der Waals surface area contributed by atoms with Crippen LogP contribution in [0.5, 0.6) is 0 Å². The summed E-state index contributed by atoms with van der Waals surface area (Å²) in [6.07, 6.45) is 3.22. The minimum absolute atomic E-state index is 0.155. The topological polar surface area (TPSA) is 167 Å². The highest BCUT2D eigenvalue weighted by Gasteiger charge is 2.47. The van der Waals surface area contributed by atoms with Gasteiger partial charge in [0.15, 0.2) is 5.65 Å². The third-order valence-electron chi connectivity index (χ3n) is 5.79. The number of carbonyl (C=O) groups is 2. The van der Waals surface area contributed by atoms with Gasteiger partial charge in [0, 0.05) is 0 Å². The lowest BCUT2D eigenvalue weighted by Gasteiger charge is -2.24. The Morgan fingerprint density at radius 1 is 1.03 bits per heavy atom. The summed E-state index contributed by atoms with van der Waals surface area (Å²) in [5, 5.41) is 0. The normalized spacial score (nSPS) is 15.4. The number of rotatable bonds is 12. The Labute approximate surface area is 222 Å². The van der Waals surface area contributed by atoms with Crippen LogP contribution in [-0.4, -0.2) is 57.0 Å². The van der Waals surface area contributed by atoms with Crippen LogP contribution in [0.1, 0.15) is 67.0 Å². The van der Waals surface area contributed by atoms with Crippen LogP contribution in [0.25, 0.3) is 11.2 Å². The van der Waals surface area contributed by atoms with E-state index >= 15 is 0 Å². The van der Waals surface area contributed by atoms with Gasteiger partial charge >= 0.3 is 19.5 Å². The number of aryl methyl sites for hydroxylation is 1. The first-order valence-electron chi connectivity index (χ1n) is 12.4. The lowest BCUT2D eigenvalue weighted by atomic mass is 9.98. The number of nitrogen functional groups attached to an aromatic ring is 1. The summed E-state index contributed by atoms with van der Waals surface area (Å²) >= 11 is 0. The van der Waals surface area contributed by atoms with Gasteiger partial charge < -0.3 is 24.5 Å². The number of carbonyl (C=O) groups excluding carboxylic acids is 2. The number of hydrogen-bond acceptors (Lipinski definition) is 12. The van der Waals surface area contributed by atoms with E-state index < -0.39 is 55.9 Å². The second-order valence-corrected chi connectivity index (χ2v) is 13.3. The smallest absolute Gasteiger partial charge is 0.361 e. The Bertz CT molecular complexity index is 1180. The minimum Gasteiger partial charge on any atom is -0.438 e. The highest BCUT2D eigenvalue weighted by molar-refractivity contribution is 7.53. The van der Waals surface area contributed by atoms with E-state index in [0.29, 0.717) is 37.0 Å². The third kappa shape index (κ3) is 7.72. The van der Waals surface area contributed by atoms with Crippen molar-refractivity contribution in [1.29, 1.82) is 0 Å². The molecule has 0 spiro atoms. The molecule has 3 rings (SSSR count). The van der Waals surface area contributed by atoms with Gasteiger partial charge in [-0.1, -0.05) is 6.92 Å². The van der Waals surface area contributed by atoms with E-state index in [-0.39, 0.29) is 5.95 Å². The van der Waals surface area contributed by atoms with Crippen molar-refractivity contribution in [2.24, 2.45) is 10.8 Å². The van der Waals surface area contributed by atoms with Crippen LogP contribution in [0.4, 0.5) is 5.95 Å². The average Bonchev–Trinajstić information content (AvgIpc) is 3.48. The van der Waals surface area contributed by atoms with Crippen molar-refractivity contribution in [2.75, 3.05) is 25.7 Å². The van der Waals surface area contributed by atoms with Crippen molar-refractivity contribution >= 4 is 36.6 Å². The van der Waals surface area contributed by atoms with Gasteiger partial charge in [0.05, 0.1) is 35.0 Å². The molecular formula is C24H38N5O8P. The lowest BCUT2D eigenvalue weighted by Crippen LogP contribution is -2.26. The predicted octanol–water partition coefficient (Wildman–Crippen LogP) is 3.80. The molecule has 13 nitrogen and oxygen atoms in total. The van der Waals surface area contributed by atoms with E-state index in [9.17, 15) is 14.2 Å². The van der Waals surface area contributed by atoms with E-state index in [2.05, 4.69) is 15.0 Å². The summed E-state index contributed by atoms with van der Waals surface area (Å²) in [7, 11) is -4.00. The Balaban J connectivity index is 1.68. The fourth-order valence-electron chi connectivity index (χ4n) is 3.26. The van der Waals surface area contributed by atoms with E-state index in [1.165, 1.54) is 0 Å². The van der Waals surface area contributed by atoms with Gasteiger partial charge in [0.25, 0.3) is 0 Å². The number of ether oxygens (including phenoxy) is 3. The Kier molecular flexibility index (Phi) is 8.87. The molecule has 0 atom stereocenters. The molecule has 38 heavy (non-hydrogen) atoms. The molecule has 2 aromatic rings. The van der Waals surface area contributed by atoms with Crippen molar-refractivity contribution in [3.8, 4) is 0 Å². The number of hydrogen-bond donors (Lipinski definition) is 1. The van der Waals surface area contributed by atoms with Gasteiger partial charge in [-0.05, 0) is 60.8 Å². The summed E-state index contributed by atoms with van der Waals surface area (Å²) < 4.78 is 42.2. The maximum absolute atomic E-state index is 13.5. The second-order valence-electron chi connectivity index (χ2n) is 11.4. The van der Waals surface area contributed by atoms with Crippen LogP contribution in [-0.2, 0) is 50.4 Å².